The Hall–Kier alpha value is -9.43. The van der Waals surface area contributed by atoms with Crippen molar-refractivity contribution in [1.82, 2.24) is 74.1 Å². The quantitative estimate of drug-likeness (QED) is 0.0275. The van der Waals surface area contributed by atoms with E-state index in [2.05, 4.69) is 81.0 Å². The fourth-order valence-corrected chi connectivity index (χ4v) is 10.6. The van der Waals surface area contributed by atoms with Crippen molar-refractivity contribution in [1.29, 1.82) is 0 Å². The van der Waals surface area contributed by atoms with E-state index in [1.165, 1.54) is 13.8 Å². The molecule has 0 aliphatic rings. The largest absolute Gasteiger partial charge is 0.481 e. The van der Waals surface area contributed by atoms with Crippen LogP contribution in [-0.2, 0) is 78.3 Å². The predicted molar refractivity (Wildman–Crippen MR) is 378 cm³/mol. The first-order valence-electron chi connectivity index (χ1n) is 35.2. The standard InChI is InChI=1S/C67H111N17O20/c1-8-11-12-13-14-15-20-50(88)72-31-51(89)74-43(23-26-68)57(93)73-32-52(90)75-47(33-85)62(98)79-46(29-39-30-71-41-19-17-16-18-40(39)41)61(97)80-48(34-86)63(99)77-44(24-27-69)58(94)76-45(25-28-70)60(96)83-55(37(6)9-2)65(101)78-42(21-22-53(91)92)59(95)82-54(36(4)5)64(100)84-56(38(7)10-3)66(102)81-49(35-87)67(103)104/h16-19,30,36-38,42-49,54-56,71,85-87H,8-15,20-29,31-35,68-70H2,1-7H3,(H,72,88)(H,73,93)(H,74,89)(H,75,90)(H,76,94)(H,77,99)(H,78,101)(H,79,98)(H,80,97)(H,81,102)(H,82,95)(H,83,96)(H,84,100)(H,91,92)(H,103,104)/t37-,38-,42-,43+,44-,45+,46+,47+,48-,49-,54-,55-,56+/m0/s1. The third-order valence-electron chi connectivity index (χ3n) is 17.2. The van der Waals surface area contributed by atoms with Crippen LogP contribution < -0.4 is 86.3 Å². The number of aliphatic carboxylic acids is 2. The van der Waals surface area contributed by atoms with Crippen molar-refractivity contribution >= 4 is 99.6 Å². The molecule has 0 unspecified atom stereocenters. The van der Waals surface area contributed by atoms with Crippen molar-refractivity contribution in [3.05, 3.63) is 36.0 Å². The van der Waals surface area contributed by atoms with Gasteiger partial charge in [0.15, 0.2) is 0 Å². The number of H-pyrrole nitrogens is 1. The minimum absolute atomic E-state index is 0.0641. The zero-order valence-electron chi connectivity index (χ0n) is 60.3. The number of carbonyl (C=O) groups is 15. The van der Waals surface area contributed by atoms with Crippen molar-refractivity contribution in [2.75, 3.05) is 52.5 Å². The minimum atomic E-state index is -1.86. The number of aliphatic hydroxyl groups excluding tert-OH is 3. The van der Waals surface area contributed by atoms with Crippen LogP contribution in [0.2, 0.25) is 0 Å². The van der Waals surface area contributed by atoms with E-state index in [0.29, 0.717) is 29.3 Å². The zero-order chi connectivity index (χ0) is 78.2. The van der Waals surface area contributed by atoms with E-state index >= 15 is 0 Å². The molecule has 2 aromatic rings. The lowest BCUT2D eigenvalue weighted by Gasteiger charge is -2.31. The highest BCUT2D eigenvalue weighted by molar-refractivity contribution is 6.00. The lowest BCUT2D eigenvalue weighted by Crippen LogP contribution is -2.62. The Bertz CT molecular complexity index is 3170. The summed E-state index contributed by atoms with van der Waals surface area (Å²) in [5.74, 6) is -17.2. The zero-order valence-corrected chi connectivity index (χ0v) is 60.3. The molecule has 1 heterocycles. The van der Waals surface area contributed by atoms with Crippen LogP contribution in [0.1, 0.15) is 144 Å². The fourth-order valence-electron chi connectivity index (χ4n) is 10.6. The maximum atomic E-state index is 14.3. The summed E-state index contributed by atoms with van der Waals surface area (Å²) in [6, 6.07) is -10.4. The Morgan fingerprint density at radius 2 is 0.808 bits per heavy atom. The number of para-hydroxylation sites is 1. The van der Waals surface area contributed by atoms with Gasteiger partial charge in [0, 0.05) is 36.4 Å². The summed E-state index contributed by atoms with van der Waals surface area (Å²) in [5.41, 5.74) is 18.5. The summed E-state index contributed by atoms with van der Waals surface area (Å²) >= 11 is 0. The van der Waals surface area contributed by atoms with E-state index < -0.39 is 213 Å². The van der Waals surface area contributed by atoms with Crippen LogP contribution in [0.25, 0.3) is 10.9 Å². The van der Waals surface area contributed by atoms with E-state index in [4.69, 9.17) is 17.2 Å². The van der Waals surface area contributed by atoms with E-state index in [1.807, 2.05) is 0 Å². The van der Waals surface area contributed by atoms with Crippen LogP contribution in [0.15, 0.2) is 30.5 Å². The molecule has 37 nitrogen and oxygen atoms in total. The van der Waals surface area contributed by atoms with Gasteiger partial charge in [0.2, 0.25) is 76.8 Å². The third-order valence-corrected chi connectivity index (χ3v) is 17.2. The number of hydrogen-bond acceptors (Lipinski definition) is 21. The Labute approximate surface area is 603 Å². The molecule has 1 aromatic heterocycles. The number of fused-ring (bicyclic) bond motifs is 1. The molecule has 0 aliphatic heterocycles. The van der Waals surface area contributed by atoms with Crippen molar-refractivity contribution in [2.45, 2.75) is 211 Å². The van der Waals surface area contributed by atoms with Crippen LogP contribution in [0.3, 0.4) is 0 Å². The number of nitrogens with two attached hydrogens (primary N) is 3. The van der Waals surface area contributed by atoms with Gasteiger partial charge in [0.25, 0.3) is 0 Å². The maximum Gasteiger partial charge on any atom is 0.328 e. The van der Waals surface area contributed by atoms with E-state index in [-0.39, 0.29) is 64.1 Å². The molecule has 0 aliphatic carbocycles. The van der Waals surface area contributed by atoms with Gasteiger partial charge in [-0.2, -0.15) is 0 Å². The van der Waals surface area contributed by atoms with Gasteiger partial charge in [0.05, 0.1) is 32.9 Å². The lowest BCUT2D eigenvalue weighted by atomic mass is 9.95. The highest BCUT2D eigenvalue weighted by Crippen LogP contribution is 2.20. The number of benzene rings is 1. The summed E-state index contributed by atoms with van der Waals surface area (Å²) in [4.78, 5) is 204. The van der Waals surface area contributed by atoms with E-state index in [9.17, 15) is 97.5 Å². The van der Waals surface area contributed by atoms with E-state index in [0.717, 1.165) is 32.1 Å². The molecule has 0 fully saturated rings. The number of nitrogens with one attached hydrogen (secondary N) is 14. The second-order valence-corrected chi connectivity index (χ2v) is 25.7. The molecule has 13 amide bonds. The number of aliphatic hydroxyl groups is 3. The van der Waals surface area contributed by atoms with Crippen LogP contribution in [0.4, 0.5) is 0 Å². The topological polar surface area (TPSA) is 607 Å². The van der Waals surface area contributed by atoms with Gasteiger partial charge in [-0.15, -0.1) is 0 Å². The number of rotatable bonds is 52. The molecule has 2 rings (SSSR count). The van der Waals surface area contributed by atoms with Gasteiger partial charge in [-0.05, 0) is 81.1 Å². The lowest BCUT2D eigenvalue weighted by molar-refractivity contribution is -0.144. The monoisotopic (exact) mass is 1470 g/mol. The highest BCUT2D eigenvalue weighted by Gasteiger charge is 2.39. The molecule has 0 saturated carbocycles. The molecule has 0 radical (unpaired) electrons. The first-order chi connectivity index (χ1) is 49.4. The number of carbonyl (C=O) groups excluding carboxylic acids is 13. The Morgan fingerprint density at radius 3 is 1.31 bits per heavy atom. The number of aromatic amines is 1. The maximum absolute atomic E-state index is 14.3. The molecule has 584 valence electrons. The molecule has 0 bridgehead atoms. The molecule has 0 spiro atoms. The summed E-state index contributed by atoms with van der Waals surface area (Å²) < 4.78 is 0. The number of hydrogen-bond donors (Lipinski definition) is 22. The normalized spacial score (nSPS) is 14.9. The van der Waals surface area contributed by atoms with Crippen molar-refractivity contribution in [2.24, 2.45) is 35.0 Å². The molecule has 37 heteroatoms. The minimum Gasteiger partial charge on any atom is -0.481 e. The molecule has 13 atom stereocenters. The summed E-state index contributed by atoms with van der Waals surface area (Å²) in [5, 5.41) is 81.5. The van der Waals surface area contributed by atoms with Crippen LogP contribution in [-0.4, -0.2) is 238 Å². The van der Waals surface area contributed by atoms with Crippen molar-refractivity contribution in [3.63, 3.8) is 0 Å². The Morgan fingerprint density at radius 1 is 0.413 bits per heavy atom. The Balaban J connectivity index is 2.33. The highest BCUT2D eigenvalue weighted by atomic mass is 16.4. The smallest absolute Gasteiger partial charge is 0.328 e. The predicted octanol–water partition coefficient (Wildman–Crippen LogP) is -5.25. The molecular weight excluding hydrogens is 1360 g/mol. The van der Waals surface area contributed by atoms with Crippen molar-refractivity contribution in [3.8, 4) is 0 Å². The van der Waals surface area contributed by atoms with Crippen molar-refractivity contribution < 1.29 is 97.5 Å². The number of carboxylic acid groups (broad SMARTS) is 2. The average molecular weight is 1470 g/mol. The summed E-state index contributed by atoms with van der Waals surface area (Å²) in [7, 11) is 0. The molecule has 25 N–H and O–H groups in total. The third kappa shape index (κ3) is 31.7. The first kappa shape index (κ1) is 90.7. The molecule has 104 heavy (non-hydrogen) atoms. The fraction of sp³-hybridized carbons (Fsp3) is 0.657. The van der Waals surface area contributed by atoms with Gasteiger partial charge in [-0.25, -0.2) is 4.79 Å². The molecular formula is C67H111N17O20. The SMILES string of the molecule is CCCCCCCCC(=O)NCC(=O)N[C@H](CCN)C(=O)NCC(=O)N[C@H](CO)C(=O)N[C@H](Cc1c[nH]c2ccccc12)C(=O)N[C@@H](CO)C(=O)N[C@@H](CCN)C(=O)N[C@H](CCN)C(=O)N[C@H](C(=O)N[C@@H](CCC(=O)O)C(=O)N[C@H](C(=O)N[C@@H](C(=O)N[C@@H](CO)C(=O)O)[C@@H](C)CC)C(C)C)[C@@H](C)CC. The second kappa shape index (κ2) is 48.5. The summed E-state index contributed by atoms with van der Waals surface area (Å²) in [6.07, 6.45) is 5.85. The average Bonchev–Trinajstić information content (AvgIpc) is 1.67. The van der Waals surface area contributed by atoms with Gasteiger partial charge < -0.3 is 117 Å². The van der Waals surface area contributed by atoms with Gasteiger partial charge in [0.1, 0.15) is 66.5 Å². The summed E-state index contributed by atoms with van der Waals surface area (Å²) in [6.45, 7) is 6.78. The van der Waals surface area contributed by atoms with Crippen LogP contribution in [0, 0.1) is 17.8 Å². The number of aromatic nitrogens is 1. The second-order valence-electron chi connectivity index (χ2n) is 25.7. The molecule has 1 aromatic carbocycles. The van der Waals surface area contributed by atoms with Gasteiger partial charge in [-0.3, -0.25) is 67.1 Å². The van der Waals surface area contributed by atoms with Crippen LogP contribution in [0.5, 0.6) is 0 Å². The van der Waals surface area contributed by atoms with Gasteiger partial charge in [-0.1, -0.05) is 112 Å². The Kier molecular flexibility index (Phi) is 42.3. The van der Waals surface area contributed by atoms with Crippen LogP contribution >= 0.6 is 0 Å². The van der Waals surface area contributed by atoms with Gasteiger partial charge >= 0.3 is 11.9 Å². The van der Waals surface area contributed by atoms with E-state index in [1.54, 1.807) is 58.2 Å². The molecule has 0 saturated heterocycles. The number of unbranched alkanes of at least 4 members (excludes halogenated alkanes) is 5. The number of amides is 13. The first-order valence-corrected chi connectivity index (χ1v) is 35.2. The number of carboxylic acids is 2.